The smallest absolute Gasteiger partial charge is 0.237 e. The number of carbonyl (C=O) groups is 1. The fraction of sp³-hybridized carbons (Fsp3) is 0.367. The molecule has 5 rings (SSSR count). The topological polar surface area (TPSA) is 26.8 Å². The molecule has 2 aliphatic rings. The van der Waals surface area contributed by atoms with E-state index in [0.29, 0.717) is 6.54 Å². The number of nitrogens with zero attached hydrogens (tertiary/aromatic N) is 3. The highest BCUT2D eigenvalue weighted by molar-refractivity contribution is 5.78. The Labute approximate surface area is 212 Å². The predicted molar refractivity (Wildman–Crippen MR) is 138 cm³/mol. The van der Waals surface area contributed by atoms with Crippen LogP contribution in [0.25, 0.3) is 0 Å². The molecule has 0 spiro atoms. The molecule has 1 atom stereocenters. The van der Waals surface area contributed by atoms with Crippen molar-refractivity contribution >= 4 is 5.91 Å². The maximum Gasteiger partial charge on any atom is 0.237 e. The number of fused-ring (bicyclic) bond motifs is 1. The summed E-state index contributed by atoms with van der Waals surface area (Å²) in [4.78, 5) is 19.7. The second kappa shape index (κ2) is 10.9. The molecule has 1 aliphatic heterocycles. The molecule has 1 saturated heterocycles. The molecule has 0 bridgehead atoms. The van der Waals surface area contributed by atoms with Gasteiger partial charge in [-0.1, -0.05) is 48.5 Å². The Morgan fingerprint density at radius 2 is 1.47 bits per heavy atom. The van der Waals surface area contributed by atoms with Gasteiger partial charge in [0.2, 0.25) is 5.91 Å². The third-order valence-corrected chi connectivity index (χ3v) is 7.70. The van der Waals surface area contributed by atoms with Gasteiger partial charge in [-0.3, -0.25) is 14.6 Å². The lowest BCUT2D eigenvalue weighted by molar-refractivity contribution is -0.134. The van der Waals surface area contributed by atoms with Crippen molar-refractivity contribution in [1.29, 1.82) is 0 Å². The van der Waals surface area contributed by atoms with E-state index in [1.54, 1.807) is 24.3 Å². The lowest BCUT2D eigenvalue weighted by Gasteiger charge is -2.40. The molecular formula is C30H33F2N3O. The number of carbonyl (C=O) groups excluding carboxylic acids is 1. The summed E-state index contributed by atoms with van der Waals surface area (Å²) >= 11 is 0. The van der Waals surface area contributed by atoms with E-state index in [1.807, 2.05) is 11.9 Å². The van der Waals surface area contributed by atoms with Gasteiger partial charge in [-0.15, -0.1) is 0 Å². The SMILES string of the molecule is CN(C(=O)CN1CCN(C(c2ccc(F)cc2)c2ccc(F)cc2)CC1)[C@@H]1CCCc2ccccc21. The van der Waals surface area contributed by atoms with E-state index in [1.165, 1.54) is 35.4 Å². The molecule has 1 amide bonds. The summed E-state index contributed by atoms with van der Waals surface area (Å²) < 4.78 is 27.2. The van der Waals surface area contributed by atoms with Gasteiger partial charge in [-0.05, 0) is 65.8 Å². The molecule has 4 nitrogen and oxygen atoms in total. The van der Waals surface area contributed by atoms with E-state index in [2.05, 4.69) is 34.1 Å². The minimum atomic E-state index is -0.273. The van der Waals surface area contributed by atoms with Crippen LogP contribution in [0, 0.1) is 11.6 Å². The van der Waals surface area contributed by atoms with Gasteiger partial charge in [0.15, 0.2) is 0 Å². The molecule has 3 aromatic rings. The zero-order valence-corrected chi connectivity index (χ0v) is 20.7. The molecule has 1 heterocycles. The second-order valence-electron chi connectivity index (χ2n) is 9.93. The zero-order valence-electron chi connectivity index (χ0n) is 20.7. The second-order valence-corrected chi connectivity index (χ2v) is 9.93. The van der Waals surface area contributed by atoms with Crippen LogP contribution in [-0.4, -0.2) is 60.4 Å². The number of halogens is 2. The monoisotopic (exact) mass is 489 g/mol. The van der Waals surface area contributed by atoms with Gasteiger partial charge in [-0.2, -0.15) is 0 Å². The van der Waals surface area contributed by atoms with E-state index in [9.17, 15) is 13.6 Å². The number of aryl methyl sites for hydroxylation is 1. The van der Waals surface area contributed by atoms with Gasteiger partial charge in [0.25, 0.3) is 0 Å². The number of benzene rings is 3. The average Bonchev–Trinajstić information content (AvgIpc) is 2.91. The molecule has 0 unspecified atom stereocenters. The van der Waals surface area contributed by atoms with E-state index in [0.717, 1.165) is 56.6 Å². The third-order valence-electron chi connectivity index (χ3n) is 7.70. The van der Waals surface area contributed by atoms with Crippen LogP contribution in [0.4, 0.5) is 8.78 Å². The minimum Gasteiger partial charge on any atom is -0.338 e. The first-order valence-electron chi connectivity index (χ1n) is 12.8. The molecule has 1 fully saturated rings. The number of rotatable bonds is 6. The Bertz CT molecular complexity index is 1130. The van der Waals surface area contributed by atoms with Crippen LogP contribution in [0.3, 0.4) is 0 Å². The van der Waals surface area contributed by atoms with Crippen LogP contribution in [0.5, 0.6) is 0 Å². The highest BCUT2D eigenvalue weighted by Crippen LogP contribution is 2.34. The summed E-state index contributed by atoms with van der Waals surface area (Å²) in [7, 11) is 1.93. The van der Waals surface area contributed by atoms with Crippen molar-refractivity contribution in [1.82, 2.24) is 14.7 Å². The molecule has 6 heteroatoms. The fourth-order valence-electron chi connectivity index (χ4n) is 5.69. The van der Waals surface area contributed by atoms with Crippen molar-refractivity contribution in [2.24, 2.45) is 0 Å². The normalized spacial score (nSPS) is 18.7. The Morgan fingerprint density at radius 3 is 2.08 bits per heavy atom. The molecule has 0 radical (unpaired) electrons. The van der Waals surface area contributed by atoms with E-state index in [-0.39, 0.29) is 29.6 Å². The number of likely N-dealkylation sites (N-methyl/N-ethyl adjacent to an activating group) is 1. The summed E-state index contributed by atoms with van der Waals surface area (Å²) in [6.07, 6.45) is 3.19. The van der Waals surface area contributed by atoms with Gasteiger partial charge in [0.05, 0.1) is 18.6 Å². The Kier molecular flexibility index (Phi) is 7.44. The molecule has 188 valence electrons. The van der Waals surface area contributed by atoms with E-state index < -0.39 is 0 Å². The van der Waals surface area contributed by atoms with Crippen LogP contribution < -0.4 is 0 Å². The lowest BCUT2D eigenvalue weighted by Crippen LogP contribution is -2.51. The third kappa shape index (κ3) is 5.35. The lowest BCUT2D eigenvalue weighted by atomic mass is 9.87. The van der Waals surface area contributed by atoms with Crippen molar-refractivity contribution in [3.05, 3.63) is 107 Å². The first-order chi connectivity index (χ1) is 17.5. The van der Waals surface area contributed by atoms with E-state index >= 15 is 0 Å². The van der Waals surface area contributed by atoms with Crippen LogP contribution in [-0.2, 0) is 11.2 Å². The van der Waals surface area contributed by atoms with Gasteiger partial charge in [-0.25, -0.2) is 8.78 Å². The van der Waals surface area contributed by atoms with Crippen LogP contribution >= 0.6 is 0 Å². The van der Waals surface area contributed by atoms with Crippen molar-refractivity contribution in [2.75, 3.05) is 39.8 Å². The Balaban J connectivity index is 1.24. The standard InChI is InChI=1S/C30H33F2N3O/c1-33(28-8-4-6-22-5-2-3-7-27(22)28)29(36)21-34-17-19-35(20-18-34)30(23-9-13-25(31)14-10-23)24-11-15-26(32)16-12-24/h2-3,5,7,9-16,28,30H,4,6,8,17-21H2,1H3/t28-/m1/s1. The molecule has 0 aromatic heterocycles. The zero-order chi connectivity index (χ0) is 25.1. The summed E-state index contributed by atoms with van der Waals surface area (Å²) in [5.41, 5.74) is 4.59. The Morgan fingerprint density at radius 1 is 0.889 bits per heavy atom. The molecule has 0 saturated carbocycles. The summed E-state index contributed by atoms with van der Waals surface area (Å²) in [5, 5.41) is 0. The van der Waals surface area contributed by atoms with E-state index in [4.69, 9.17) is 0 Å². The van der Waals surface area contributed by atoms with Crippen molar-refractivity contribution in [3.8, 4) is 0 Å². The first-order valence-corrected chi connectivity index (χ1v) is 12.8. The van der Waals surface area contributed by atoms with Crippen LogP contribution in [0.2, 0.25) is 0 Å². The molecular weight excluding hydrogens is 456 g/mol. The Hall–Kier alpha value is -3.09. The number of amides is 1. The molecule has 3 aromatic carbocycles. The summed E-state index contributed by atoms with van der Waals surface area (Å²) in [6.45, 7) is 3.46. The molecule has 1 aliphatic carbocycles. The minimum absolute atomic E-state index is 0.0922. The van der Waals surface area contributed by atoms with Crippen molar-refractivity contribution < 1.29 is 13.6 Å². The first kappa shape index (κ1) is 24.6. The van der Waals surface area contributed by atoms with Crippen LogP contribution in [0.15, 0.2) is 72.8 Å². The van der Waals surface area contributed by atoms with Gasteiger partial charge >= 0.3 is 0 Å². The van der Waals surface area contributed by atoms with Crippen LogP contribution in [0.1, 0.15) is 47.2 Å². The average molecular weight is 490 g/mol. The quantitative estimate of drug-likeness (QED) is 0.476. The number of hydrogen-bond donors (Lipinski definition) is 0. The summed E-state index contributed by atoms with van der Waals surface area (Å²) in [6, 6.07) is 21.6. The van der Waals surface area contributed by atoms with Gasteiger partial charge in [0, 0.05) is 33.2 Å². The highest BCUT2D eigenvalue weighted by atomic mass is 19.1. The van der Waals surface area contributed by atoms with Crippen molar-refractivity contribution in [2.45, 2.75) is 31.3 Å². The summed E-state index contributed by atoms with van der Waals surface area (Å²) in [5.74, 6) is -0.395. The maximum atomic E-state index is 13.6. The predicted octanol–water partition coefficient (Wildman–Crippen LogP) is 5.21. The molecule has 36 heavy (non-hydrogen) atoms. The molecule has 0 N–H and O–H groups in total. The highest BCUT2D eigenvalue weighted by Gasteiger charge is 2.30. The largest absolute Gasteiger partial charge is 0.338 e. The van der Waals surface area contributed by atoms with Gasteiger partial charge in [0.1, 0.15) is 11.6 Å². The number of hydrogen-bond acceptors (Lipinski definition) is 3. The number of piperazine rings is 1. The fourth-order valence-corrected chi connectivity index (χ4v) is 5.69. The maximum absolute atomic E-state index is 13.6. The van der Waals surface area contributed by atoms with Gasteiger partial charge < -0.3 is 4.90 Å². The van der Waals surface area contributed by atoms with Crippen molar-refractivity contribution in [3.63, 3.8) is 0 Å².